The van der Waals surface area contributed by atoms with Crippen molar-refractivity contribution in [3.8, 4) is 0 Å². The molecule has 2 aromatic rings. The predicted octanol–water partition coefficient (Wildman–Crippen LogP) is 5.92. The minimum Gasteiger partial charge on any atom is -0.465 e. The molecule has 0 fully saturated rings. The van der Waals surface area contributed by atoms with E-state index < -0.39 is 5.41 Å². The molecule has 0 bridgehead atoms. The Morgan fingerprint density at radius 1 is 1.15 bits per heavy atom. The zero-order valence-electron chi connectivity index (χ0n) is 15.4. The third-order valence-electron chi connectivity index (χ3n) is 4.65. The number of carbonyl (C=O) groups is 1. The van der Waals surface area contributed by atoms with Crippen molar-refractivity contribution in [1.82, 2.24) is 0 Å². The lowest BCUT2D eigenvalue weighted by Crippen LogP contribution is -2.31. The Morgan fingerprint density at radius 2 is 1.88 bits per heavy atom. The van der Waals surface area contributed by atoms with Gasteiger partial charge < -0.3 is 9.64 Å². The van der Waals surface area contributed by atoms with Crippen molar-refractivity contribution >= 4 is 45.0 Å². The van der Waals surface area contributed by atoms with E-state index >= 15 is 0 Å². The van der Waals surface area contributed by atoms with Gasteiger partial charge in [-0.05, 0) is 57.0 Å². The number of para-hydroxylation sites is 1. The van der Waals surface area contributed by atoms with E-state index in [1.165, 1.54) is 21.2 Å². The molecule has 3 rings (SSSR count). The maximum absolute atomic E-state index is 12.4. The summed E-state index contributed by atoms with van der Waals surface area (Å²) < 4.78 is 5.29. The molecule has 0 aromatic heterocycles. The largest absolute Gasteiger partial charge is 0.465 e. The van der Waals surface area contributed by atoms with Crippen molar-refractivity contribution < 1.29 is 9.53 Å². The Bertz CT molecular complexity index is 806. The van der Waals surface area contributed by atoms with Crippen LogP contribution in [0.4, 0.5) is 11.4 Å². The minimum absolute atomic E-state index is 0.184. The normalized spacial score (nSPS) is 13.2. The number of carbonyl (C=O) groups excluding carboxylic acids is 1. The van der Waals surface area contributed by atoms with E-state index in [0.717, 1.165) is 23.9 Å². The molecular weight excluding hydrogens is 410 g/mol. The van der Waals surface area contributed by atoms with E-state index in [1.54, 1.807) is 11.8 Å². The van der Waals surface area contributed by atoms with E-state index in [-0.39, 0.29) is 5.97 Å². The Morgan fingerprint density at radius 3 is 2.62 bits per heavy atom. The highest BCUT2D eigenvalue weighted by atomic mass is 79.9. The average Bonchev–Trinajstić information content (AvgIpc) is 2.64. The highest BCUT2D eigenvalue weighted by Gasteiger charge is 2.33. The molecule has 138 valence electrons. The number of alkyl halides is 1. The van der Waals surface area contributed by atoms with Gasteiger partial charge in [0.15, 0.2) is 0 Å². The lowest BCUT2D eigenvalue weighted by Gasteiger charge is -2.34. The van der Waals surface area contributed by atoms with Crippen molar-refractivity contribution in [3.63, 3.8) is 0 Å². The Kier molecular flexibility index (Phi) is 5.98. The molecule has 0 saturated heterocycles. The quantitative estimate of drug-likeness (QED) is 0.417. The van der Waals surface area contributed by atoms with Crippen molar-refractivity contribution in [2.24, 2.45) is 0 Å². The van der Waals surface area contributed by atoms with Gasteiger partial charge in [-0.15, -0.1) is 0 Å². The standard InChI is InChI=1S/C21H24BrNO2S/c1-4-25-20(24)21(2,3)15-10-11-19-17(14-15)23(13-7-12-22)16-8-5-6-9-18(16)26-19/h5-6,8-11,14H,4,7,12-13H2,1-3H3. The van der Waals surface area contributed by atoms with Gasteiger partial charge in [0.1, 0.15) is 0 Å². The van der Waals surface area contributed by atoms with Crippen molar-refractivity contribution in [3.05, 3.63) is 48.0 Å². The third kappa shape index (κ3) is 3.65. The molecule has 0 radical (unpaired) electrons. The summed E-state index contributed by atoms with van der Waals surface area (Å²) in [5.41, 5.74) is 2.72. The van der Waals surface area contributed by atoms with E-state index in [4.69, 9.17) is 4.74 Å². The first-order valence-electron chi connectivity index (χ1n) is 8.91. The lowest BCUT2D eigenvalue weighted by atomic mass is 9.84. The highest BCUT2D eigenvalue weighted by Crippen LogP contribution is 2.49. The monoisotopic (exact) mass is 433 g/mol. The predicted molar refractivity (Wildman–Crippen MR) is 112 cm³/mol. The van der Waals surface area contributed by atoms with Crippen LogP contribution in [0.2, 0.25) is 0 Å². The number of benzene rings is 2. The molecule has 0 N–H and O–H groups in total. The maximum Gasteiger partial charge on any atom is 0.315 e. The number of hydrogen-bond acceptors (Lipinski definition) is 4. The van der Waals surface area contributed by atoms with Crippen LogP contribution in [-0.2, 0) is 14.9 Å². The van der Waals surface area contributed by atoms with Crippen LogP contribution in [0.1, 0.15) is 32.8 Å². The smallest absolute Gasteiger partial charge is 0.315 e. The van der Waals surface area contributed by atoms with Crippen LogP contribution in [0, 0.1) is 0 Å². The van der Waals surface area contributed by atoms with Crippen LogP contribution in [0.15, 0.2) is 52.3 Å². The first kappa shape index (κ1) is 19.3. The van der Waals surface area contributed by atoms with Gasteiger partial charge in [-0.2, -0.15) is 0 Å². The number of anilines is 2. The van der Waals surface area contributed by atoms with E-state index in [1.807, 2.05) is 20.8 Å². The van der Waals surface area contributed by atoms with Crippen LogP contribution in [0.3, 0.4) is 0 Å². The summed E-state index contributed by atoms with van der Waals surface area (Å²) in [5, 5.41) is 0.960. The molecule has 3 nitrogen and oxygen atoms in total. The second-order valence-corrected chi connectivity index (χ2v) is 8.67. The lowest BCUT2D eigenvalue weighted by molar-refractivity contribution is -0.148. The molecular formula is C21H24BrNO2S. The summed E-state index contributed by atoms with van der Waals surface area (Å²) in [6, 6.07) is 14.8. The Hall–Kier alpha value is -1.46. The molecule has 0 aliphatic carbocycles. The number of fused-ring (bicyclic) bond motifs is 2. The summed E-state index contributed by atoms with van der Waals surface area (Å²) >= 11 is 5.33. The molecule has 1 aliphatic rings. The minimum atomic E-state index is -0.673. The van der Waals surface area contributed by atoms with E-state index in [0.29, 0.717) is 6.61 Å². The molecule has 0 amide bonds. The molecule has 5 heteroatoms. The van der Waals surface area contributed by atoms with Crippen molar-refractivity contribution in [2.75, 3.05) is 23.4 Å². The maximum atomic E-state index is 12.4. The Balaban J connectivity index is 2.03. The number of rotatable bonds is 6. The number of halogens is 1. The molecule has 26 heavy (non-hydrogen) atoms. The van der Waals surface area contributed by atoms with Gasteiger partial charge in [0.25, 0.3) is 0 Å². The van der Waals surface area contributed by atoms with Gasteiger partial charge >= 0.3 is 5.97 Å². The van der Waals surface area contributed by atoms with Gasteiger partial charge in [0.2, 0.25) is 0 Å². The third-order valence-corrected chi connectivity index (χ3v) is 6.34. The topological polar surface area (TPSA) is 29.5 Å². The van der Waals surface area contributed by atoms with Crippen LogP contribution in [0.25, 0.3) is 0 Å². The molecule has 1 heterocycles. The number of esters is 1. The fourth-order valence-electron chi connectivity index (χ4n) is 3.11. The second kappa shape index (κ2) is 8.05. The molecule has 0 spiro atoms. The summed E-state index contributed by atoms with van der Waals surface area (Å²) in [7, 11) is 0. The van der Waals surface area contributed by atoms with Crippen molar-refractivity contribution in [2.45, 2.75) is 42.4 Å². The summed E-state index contributed by atoms with van der Waals surface area (Å²) in [4.78, 5) is 17.3. The number of ether oxygens (including phenoxy) is 1. The summed E-state index contributed by atoms with van der Waals surface area (Å²) in [6.45, 7) is 7.03. The van der Waals surface area contributed by atoms with Crippen molar-refractivity contribution in [1.29, 1.82) is 0 Å². The fourth-order valence-corrected chi connectivity index (χ4v) is 4.43. The average molecular weight is 434 g/mol. The molecule has 2 aromatic carbocycles. The van der Waals surface area contributed by atoms with Gasteiger partial charge in [0, 0.05) is 21.7 Å². The van der Waals surface area contributed by atoms with Gasteiger partial charge in [-0.1, -0.05) is 45.9 Å². The first-order valence-corrected chi connectivity index (χ1v) is 10.8. The van der Waals surface area contributed by atoms with E-state index in [2.05, 4.69) is 63.3 Å². The molecule has 0 saturated carbocycles. The fraction of sp³-hybridized carbons (Fsp3) is 0.381. The second-order valence-electron chi connectivity index (χ2n) is 6.79. The van der Waals surface area contributed by atoms with E-state index in [9.17, 15) is 4.79 Å². The first-order chi connectivity index (χ1) is 12.5. The zero-order chi connectivity index (χ0) is 18.7. The van der Waals surface area contributed by atoms with Crippen LogP contribution in [-0.4, -0.2) is 24.5 Å². The van der Waals surface area contributed by atoms with Gasteiger partial charge in [-0.3, -0.25) is 4.79 Å². The highest BCUT2D eigenvalue weighted by molar-refractivity contribution is 9.09. The molecule has 0 atom stereocenters. The number of nitrogens with zero attached hydrogens (tertiary/aromatic N) is 1. The van der Waals surface area contributed by atoms with Gasteiger partial charge in [-0.25, -0.2) is 0 Å². The molecule has 0 unspecified atom stereocenters. The summed E-state index contributed by atoms with van der Waals surface area (Å²) in [6.07, 6.45) is 1.05. The molecule has 1 aliphatic heterocycles. The Labute approximate surface area is 168 Å². The SMILES string of the molecule is CCOC(=O)C(C)(C)c1ccc2c(c1)N(CCCBr)c1ccccc1S2. The van der Waals surface area contributed by atoms with Crippen LogP contribution >= 0.6 is 27.7 Å². The van der Waals surface area contributed by atoms with Crippen LogP contribution in [0.5, 0.6) is 0 Å². The summed E-state index contributed by atoms with van der Waals surface area (Å²) in [5.74, 6) is -0.184. The van der Waals surface area contributed by atoms with Gasteiger partial charge in [0.05, 0.1) is 23.4 Å². The number of hydrogen-bond donors (Lipinski definition) is 0. The zero-order valence-corrected chi connectivity index (χ0v) is 17.8. The van der Waals surface area contributed by atoms with Crippen LogP contribution < -0.4 is 4.90 Å².